The van der Waals surface area contributed by atoms with Gasteiger partial charge in [0.2, 0.25) is 0 Å². The van der Waals surface area contributed by atoms with E-state index in [0.717, 1.165) is 64.2 Å². The molecule has 0 fully saturated rings. The summed E-state index contributed by atoms with van der Waals surface area (Å²) in [7, 11) is 1.65. The minimum Gasteiger partial charge on any atom is -0.457 e. The number of likely N-dealkylation sites (N-methyl/N-ethyl adjacent to an activating group) is 1. The SMILES string of the molecule is CCCCC/C=C\C/C=C\C/C=C\CCCCCCCCCOCC(COP(=O)(O)OCC[N+](C)(C)C)OC(=O)CCCCCCC/C=C\CCCCCCCC. The molecule has 0 aliphatic heterocycles. The first-order valence-corrected chi connectivity index (χ1v) is 24.9. The normalized spacial score (nSPS) is 14.1. The molecular formula is C48H91NO7P+. The van der Waals surface area contributed by atoms with Gasteiger partial charge in [0.1, 0.15) is 19.3 Å². The molecule has 334 valence electrons. The van der Waals surface area contributed by atoms with Crippen LogP contribution in [0.3, 0.4) is 0 Å². The van der Waals surface area contributed by atoms with Gasteiger partial charge in [-0.2, -0.15) is 0 Å². The van der Waals surface area contributed by atoms with Crippen LogP contribution >= 0.6 is 7.82 Å². The predicted octanol–water partition coefficient (Wildman–Crippen LogP) is 13.9. The monoisotopic (exact) mass is 825 g/mol. The van der Waals surface area contributed by atoms with Crippen molar-refractivity contribution in [2.75, 3.05) is 54.1 Å². The topological polar surface area (TPSA) is 91.3 Å². The molecule has 0 radical (unpaired) electrons. The van der Waals surface area contributed by atoms with Crippen molar-refractivity contribution in [3.05, 3.63) is 48.6 Å². The number of carbonyl (C=O) groups excluding carboxylic acids is 1. The van der Waals surface area contributed by atoms with Crippen LogP contribution in [0.1, 0.15) is 194 Å². The molecule has 2 atom stereocenters. The summed E-state index contributed by atoms with van der Waals surface area (Å²) >= 11 is 0. The lowest BCUT2D eigenvalue weighted by Crippen LogP contribution is -2.37. The summed E-state index contributed by atoms with van der Waals surface area (Å²) in [4.78, 5) is 22.9. The maximum Gasteiger partial charge on any atom is 0.472 e. The first-order valence-electron chi connectivity index (χ1n) is 23.4. The van der Waals surface area contributed by atoms with Crippen molar-refractivity contribution < 1.29 is 37.3 Å². The molecule has 0 heterocycles. The smallest absolute Gasteiger partial charge is 0.457 e. The molecule has 0 aromatic rings. The minimum absolute atomic E-state index is 0.0837. The van der Waals surface area contributed by atoms with Crippen LogP contribution in [0.4, 0.5) is 0 Å². The highest BCUT2D eigenvalue weighted by Gasteiger charge is 2.26. The maximum absolute atomic E-state index is 12.7. The first kappa shape index (κ1) is 55.5. The second kappa shape index (κ2) is 41.2. The largest absolute Gasteiger partial charge is 0.472 e. The Morgan fingerprint density at radius 3 is 1.49 bits per heavy atom. The lowest BCUT2D eigenvalue weighted by Gasteiger charge is -2.24. The van der Waals surface area contributed by atoms with Crippen LogP contribution < -0.4 is 0 Å². The summed E-state index contributed by atoms with van der Waals surface area (Å²) in [6, 6.07) is 0. The quantitative estimate of drug-likeness (QED) is 0.0215. The Bertz CT molecular complexity index is 1050. The van der Waals surface area contributed by atoms with Gasteiger partial charge >= 0.3 is 13.8 Å². The number of unbranched alkanes of at least 4 members (excludes halogenated alkanes) is 21. The summed E-state index contributed by atoms with van der Waals surface area (Å²) in [6.45, 7) is 5.56. The highest BCUT2D eigenvalue weighted by atomic mass is 31.2. The third-order valence-electron chi connectivity index (χ3n) is 9.86. The molecule has 0 aliphatic rings. The summed E-state index contributed by atoms with van der Waals surface area (Å²) in [5.41, 5.74) is 0. The van der Waals surface area contributed by atoms with Crippen molar-refractivity contribution in [1.29, 1.82) is 0 Å². The Morgan fingerprint density at radius 1 is 0.544 bits per heavy atom. The Kier molecular flexibility index (Phi) is 40.1. The number of hydrogen-bond acceptors (Lipinski definition) is 6. The zero-order chi connectivity index (χ0) is 42.0. The number of allylic oxidation sites excluding steroid dienone is 8. The number of ether oxygens (including phenoxy) is 2. The Balaban J connectivity index is 4.23. The van der Waals surface area contributed by atoms with Crippen molar-refractivity contribution in [2.45, 2.75) is 200 Å². The first-order chi connectivity index (χ1) is 27.6. The van der Waals surface area contributed by atoms with Crippen LogP contribution in [0.25, 0.3) is 0 Å². The molecule has 8 nitrogen and oxygen atoms in total. The standard InChI is InChI=1S/C48H90NO7P/c1-6-8-10-12-14-16-18-20-22-23-24-25-26-28-30-32-34-36-38-40-43-53-45-47(46-55-57(51,52)54-44-42-49(3,4)5)56-48(50)41-39-37-35-33-31-29-27-21-19-17-15-13-11-9-7-2/h14,16,20-22,24-25,27,47H,6-13,15,17-19,23,26,28-46H2,1-5H3/p+1/b16-14-,22-20-,25-24-,27-21-. The number of carbonyl (C=O) groups is 1. The number of esters is 1. The van der Waals surface area contributed by atoms with Crippen molar-refractivity contribution in [3.63, 3.8) is 0 Å². The van der Waals surface area contributed by atoms with Gasteiger partial charge in [-0.25, -0.2) is 4.57 Å². The molecule has 0 saturated heterocycles. The fourth-order valence-electron chi connectivity index (χ4n) is 6.20. The summed E-state index contributed by atoms with van der Waals surface area (Å²) in [5.74, 6) is -0.327. The molecule has 0 amide bonds. The third-order valence-corrected chi connectivity index (χ3v) is 10.8. The molecule has 2 unspecified atom stereocenters. The zero-order valence-corrected chi connectivity index (χ0v) is 38.7. The van der Waals surface area contributed by atoms with Gasteiger partial charge in [-0.3, -0.25) is 13.8 Å². The maximum atomic E-state index is 12.7. The molecule has 1 N–H and O–H groups in total. The van der Waals surface area contributed by atoms with Gasteiger partial charge in [-0.15, -0.1) is 0 Å². The van der Waals surface area contributed by atoms with Gasteiger partial charge in [0.25, 0.3) is 0 Å². The lowest BCUT2D eigenvalue weighted by molar-refractivity contribution is -0.870. The average molecular weight is 825 g/mol. The zero-order valence-electron chi connectivity index (χ0n) is 37.8. The fraction of sp³-hybridized carbons (Fsp3) is 0.812. The van der Waals surface area contributed by atoms with E-state index in [0.29, 0.717) is 24.1 Å². The summed E-state index contributed by atoms with van der Waals surface area (Å²) < 4.78 is 35.0. The number of nitrogens with zero attached hydrogens (tertiary/aromatic N) is 1. The third kappa shape index (κ3) is 45.4. The van der Waals surface area contributed by atoms with Gasteiger partial charge in [0, 0.05) is 13.0 Å². The van der Waals surface area contributed by atoms with Crippen molar-refractivity contribution in [3.8, 4) is 0 Å². The van der Waals surface area contributed by atoms with E-state index in [2.05, 4.69) is 62.5 Å². The highest BCUT2D eigenvalue weighted by Crippen LogP contribution is 2.43. The minimum atomic E-state index is -4.28. The van der Waals surface area contributed by atoms with Crippen LogP contribution in [0.5, 0.6) is 0 Å². The van der Waals surface area contributed by atoms with Crippen LogP contribution in [0, 0.1) is 0 Å². The van der Waals surface area contributed by atoms with E-state index in [1.54, 1.807) is 0 Å². The molecule has 57 heavy (non-hydrogen) atoms. The number of hydrogen-bond donors (Lipinski definition) is 1. The van der Waals surface area contributed by atoms with Crippen LogP contribution in [-0.2, 0) is 27.9 Å². The molecule has 0 aromatic heterocycles. The highest BCUT2D eigenvalue weighted by molar-refractivity contribution is 7.47. The number of quaternary nitrogens is 1. The van der Waals surface area contributed by atoms with Crippen LogP contribution in [0.15, 0.2) is 48.6 Å². The van der Waals surface area contributed by atoms with E-state index in [4.69, 9.17) is 18.5 Å². The van der Waals surface area contributed by atoms with Crippen molar-refractivity contribution in [1.82, 2.24) is 0 Å². The van der Waals surface area contributed by atoms with E-state index in [1.165, 1.54) is 109 Å². The molecule has 9 heteroatoms. The van der Waals surface area contributed by atoms with E-state index >= 15 is 0 Å². The molecule has 0 saturated carbocycles. The van der Waals surface area contributed by atoms with Crippen molar-refractivity contribution in [2.24, 2.45) is 0 Å². The van der Waals surface area contributed by atoms with E-state index in [1.807, 2.05) is 21.1 Å². The molecule has 0 bridgehead atoms. The summed E-state index contributed by atoms with van der Waals surface area (Å²) in [6.07, 6.45) is 50.0. The van der Waals surface area contributed by atoms with Crippen molar-refractivity contribution >= 4 is 13.8 Å². The Morgan fingerprint density at radius 2 is 0.965 bits per heavy atom. The summed E-state index contributed by atoms with van der Waals surface area (Å²) in [5, 5.41) is 0. The van der Waals surface area contributed by atoms with Gasteiger partial charge in [-0.05, 0) is 77.0 Å². The van der Waals surface area contributed by atoms with E-state index in [9.17, 15) is 14.3 Å². The Hall–Kier alpha value is -1.54. The second-order valence-corrected chi connectivity index (χ2v) is 18.2. The van der Waals surface area contributed by atoms with Gasteiger partial charge in [0.15, 0.2) is 0 Å². The molecule has 0 rings (SSSR count). The number of phosphoric ester groups is 1. The van der Waals surface area contributed by atoms with Gasteiger partial charge in [0.05, 0.1) is 34.4 Å². The second-order valence-electron chi connectivity index (χ2n) is 16.8. The molecule has 0 spiro atoms. The molecule has 0 aliphatic carbocycles. The van der Waals surface area contributed by atoms with Gasteiger partial charge in [-0.1, -0.05) is 159 Å². The number of phosphoric acid groups is 1. The van der Waals surface area contributed by atoms with Crippen LogP contribution in [-0.4, -0.2) is 75.6 Å². The average Bonchev–Trinajstić information content (AvgIpc) is 3.16. The Labute approximate surface area is 352 Å². The fourth-order valence-corrected chi connectivity index (χ4v) is 6.94. The predicted molar refractivity (Wildman–Crippen MR) is 243 cm³/mol. The molecular weight excluding hydrogens is 734 g/mol. The van der Waals surface area contributed by atoms with Gasteiger partial charge < -0.3 is 18.9 Å². The van der Waals surface area contributed by atoms with E-state index < -0.39 is 13.9 Å². The molecule has 0 aromatic carbocycles. The lowest BCUT2D eigenvalue weighted by atomic mass is 10.1. The van der Waals surface area contributed by atoms with E-state index in [-0.39, 0.29) is 25.8 Å². The van der Waals surface area contributed by atoms with Crippen LogP contribution in [0.2, 0.25) is 0 Å². The number of rotatable bonds is 43.